The molecule has 3 aromatic rings. The molecule has 4 rings (SSSR count). The van der Waals surface area contributed by atoms with Crippen LogP contribution in [0.4, 0.5) is 14.3 Å². The quantitative estimate of drug-likeness (QED) is 0.615. The number of nitrogens with zero attached hydrogens (tertiary/aromatic N) is 2. The Morgan fingerprint density at radius 2 is 1.89 bits per heavy atom. The maximum atomic E-state index is 13.8. The van der Waals surface area contributed by atoms with Gasteiger partial charge in [-0.3, -0.25) is 5.32 Å². The van der Waals surface area contributed by atoms with Crippen molar-refractivity contribution in [3.05, 3.63) is 71.0 Å². The highest BCUT2D eigenvalue weighted by molar-refractivity contribution is 7.15. The first-order chi connectivity index (χ1) is 13.7. The number of rotatable bonds is 7. The summed E-state index contributed by atoms with van der Waals surface area (Å²) in [7, 11) is 0. The smallest absolute Gasteiger partial charge is 0.321 e. The highest BCUT2D eigenvalue weighted by Gasteiger charge is 2.28. The number of carbonyl (C=O) groups is 1. The zero-order valence-corrected chi connectivity index (χ0v) is 15.8. The van der Waals surface area contributed by atoms with Crippen molar-refractivity contribution in [1.29, 1.82) is 0 Å². The van der Waals surface area contributed by atoms with Gasteiger partial charge < -0.3 is 10.1 Å². The summed E-state index contributed by atoms with van der Waals surface area (Å²) < 4.78 is 19.4. The van der Waals surface area contributed by atoms with Crippen LogP contribution in [-0.2, 0) is 0 Å². The van der Waals surface area contributed by atoms with Crippen LogP contribution in [-0.4, -0.2) is 22.8 Å². The van der Waals surface area contributed by atoms with Gasteiger partial charge in [0.05, 0.1) is 6.04 Å². The minimum absolute atomic E-state index is 0.0851. The van der Waals surface area contributed by atoms with E-state index in [1.807, 2.05) is 30.3 Å². The van der Waals surface area contributed by atoms with E-state index in [-0.39, 0.29) is 12.4 Å². The van der Waals surface area contributed by atoms with Gasteiger partial charge in [-0.25, -0.2) is 9.18 Å². The summed E-state index contributed by atoms with van der Waals surface area (Å²) in [6.07, 6.45) is 2.26. The molecule has 144 valence electrons. The molecule has 2 N–H and O–H groups in total. The lowest BCUT2D eigenvalue weighted by Crippen LogP contribution is -2.35. The van der Waals surface area contributed by atoms with Gasteiger partial charge >= 0.3 is 6.03 Å². The van der Waals surface area contributed by atoms with Gasteiger partial charge in [-0.05, 0) is 30.5 Å². The maximum absolute atomic E-state index is 13.8. The minimum Gasteiger partial charge on any atom is -0.488 e. The number of urea groups is 1. The maximum Gasteiger partial charge on any atom is 0.321 e. The topological polar surface area (TPSA) is 76.1 Å². The van der Waals surface area contributed by atoms with Gasteiger partial charge in [0.15, 0.2) is 11.6 Å². The number of aromatic nitrogens is 2. The Kier molecular flexibility index (Phi) is 5.48. The highest BCUT2D eigenvalue weighted by atomic mass is 32.1. The number of nitrogens with one attached hydrogen (secondary N) is 2. The van der Waals surface area contributed by atoms with Crippen LogP contribution < -0.4 is 15.4 Å². The van der Waals surface area contributed by atoms with Crippen molar-refractivity contribution in [2.45, 2.75) is 24.8 Å². The molecule has 0 spiro atoms. The highest BCUT2D eigenvalue weighted by Crippen LogP contribution is 2.42. The van der Waals surface area contributed by atoms with E-state index in [1.165, 1.54) is 17.4 Å². The van der Waals surface area contributed by atoms with E-state index in [1.54, 1.807) is 18.2 Å². The van der Waals surface area contributed by atoms with Gasteiger partial charge in [0.2, 0.25) is 5.13 Å². The van der Waals surface area contributed by atoms with Crippen LogP contribution in [0, 0.1) is 5.82 Å². The van der Waals surface area contributed by atoms with Gasteiger partial charge in [-0.2, -0.15) is 0 Å². The predicted molar refractivity (Wildman–Crippen MR) is 105 cm³/mol. The molecule has 1 aromatic heterocycles. The molecule has 2 amide bonds. The average molecular weight is 398 g/mol. The monoisotopic (exact) mass is 398 g/mol. The second kappa shape index (κ2) is 8.35. The SMILES string of the molecule is O=C(Nc1nnc(C2CC2)s1)N[C@H](COc1ccccc1F)c1ccccc1. The Morgan fingerprint density at radius 3 is 2.64 bits per heavy atom. The molecule has 0 saturated heterocycles. The van der Waals surface area contributed by atoms with E-state index in [2.05, 4.69) is 20.8 Å². The molecule has 2 aromatic carbocycles. The average Bonchev–Trinajstić information content (AvgIpc) is 3.46. The molecule has 1 aliphatic carbocycles. The Hall–Kier alpha value is -3.00. The first kappa shape index (κ1) is 18.4. The summed E-state index contributed by atoms with van der Waals surface area (Å²) in [6.45, 7) is 0.0851. The zero-order valence-electron chi connectivity index (χ0n) is 15.0. The van der Waals surface area contributed by atoms with Crippen LogP contribution in [0.2, 0.25) is 0 Å². The molecule has 0 aliphatic heterocycles. The molecule has 1 fully saturated rings. The molecule has 1 heterocycles. The standard InChI is InChI=1S/C20H19FN4O2S/c21-15-8-4-5-9-17(15)27-12-16(13-6-2-1-3-7-13)22-19(26)23-20-25-24-18(28-20)14-10-11-14/h1-9,14,16H,10-12H2,(H2,22,23,25,26)/t16-/m1/s1. The number of hydrogen-bond donors (Lipinski definition) is 2. The predicted octanol–water partition coefficient (Wildman–Crippen LogP) is 4.50. The Bertz CT molecular complexity index is 946. The van der Waals surface area contributed by atoms with Crippen molar-refractivity contribution in [3.63, 3.8) is 0 Å². The zero-order chi connectivity index (χ0) is 19.3. The lowest BCUT2D eigenvalue weighted by Gasteiger charge is -2.20. The number of halogens is 1. The molecule has 1 aliphatic rings. The minimum atomic E-state index is -0.461. The van der Waals surface area contributed by atoms with E-state index in [0.717, 1.165) is 23.4 Å². The molecule has 6 nitrogen and oxygen atoms in total. The Balaban J connectivity index is 1.42. The third-order valence-corrected chi connectivity index (χ3v) is 5.34. The van der Waals surface area contributed by atoms with Crippen LogP contribution in [0.1, 0.15) is 35.4 Å². The summed E-state index contributed by atoms with van der Waals surface area (Å²) >= 11 is 1.39. The number of carbonyl (C=O) groups excluding carboxylic acids is 1. The summed E-state index contributed by atoms with van der Waals surface area (Å²) in [6, 6.07) is 14.7. The van der Waals surface area contributed by atoms with Crippen LogP contribution in [0.3, 0.4) is 0 Å². The van der Waals surface area contributed by atoms with Gasteiger partial charge in [0.25, 0.3) is 0 Å². The number of ether oxygens (including phenoxy) is 1. The summed E-state index contributed by atoms with van der Waals surface area (Å²) in [4.78, 5) is 12.5. The summed E-state index contributed by atoms with van der Waals surface area (Å²) in [5.41, 5.74) is 0.852. The largest absolute Gasteiger partial charge is 0.488 e. The first-order valence-corrected chi connectivity index (χ1v) is 9.84. The molecule has 8 heteroatoms. The molecule has 0 bridgehead atoms. The molecule has 0 unspecified atom stereocenters. The fourth-order valence-corrected chi connectivity index (χ4v) is 3.62. The van der Waals surface area contributed by atoms with E-state index in [4.69, 9.17) is 4.74 Å². The van der Waals surface area contributed by atoms with Crippen molar-refractivity contribution in [1.82, 2.24) is 15.5 Å². The van der Waals surface area contributed by atoms with Crippen LogP contribution in [0.25, 0.3) is 0 Å². The first-order valence-electron chi connectivity index (χ1n) is 9.02. The normalized spacial score (nSPS) is 14.3. The van der Waals surface area contributed by atoms with Gasteiger partial charge in [0, 0.05) is 5.92 Å². The number of benzene rings is 2. The second-order valence-corrected chi connectivity index (χ2v) is 7.53. The summed E-state index contributed by atoms with van der Waals surface area (Å²) in [5, 5.41) is 15.1. The Labute approximate surface area is 165 Å². The number of hydrogen-bond acceptors (Lipinski definition) is 5. The van der Waals surface area contributed by atoms with Crippen molar-refractivity contribution in [3.8, 4) is 5.75 Å². The van der Waals surface area contributed by atoms with Gasteiger partial charge in [-0.1, -0.05) is 53.8 Å². The number of para-hydroxylation sites is 1. The molecule has 28 heavy (non-hydrogen) atoms. The van der Waals surface area contributed by atoms with Gasteiger partial charge in [-0.15, -0.1) is 10.2 Å². The third-order valence-electron chi connectivity index (χ3n) is 4.34. The van der Waals surface area contributed by atoms with Crippen LogP contribution in [0.5, 0.6) is 5.75 Å². The number of anilines is 1. The molecule has 1 saturated carbocycles. The van der Waals surface area contributed by atoms with Crippen molar-refractivity contribution < 1.29 is 13.9 Å². The molecule has 1 atom stereocenters. The fourth-order valence-electron chi connectivity index (χ4n) is 2.71. The third kappa shape index (κ3) is 4.64. The summed E-state index contributed by atoms with van der Waals surface area (Å²) in [5.74, 6) is 0.186. The molecular weight excluding hydrogens is 379 g/mol. The van der Waals surface area contributed by atoms with Crippen LogP contribution >= 0.6 is 11.3 Å². The second-order valence-electron chi connectivity index (χ2n) is 6.52. The van der Waals surface area contributed by atoms with Crippen LogP contribution in [0.15, 0.2) is 54.6 Å². The fraction of sp³-hybridized carbons (Fsp3) is 0.250. The van der Waals surface area contributed by atoms with Crippen molar-refractivity contribution in [2.24, 2.45) is 0 Å². The van der Waals surface area contributed by atoms with Gasteiger partial charge in [0.1, 0.15) is 11.6 Å². The lowest BCUT2D eigenvalue weighted by molar-refractivity contribution is 0.231. The van der Waals surface area contributed by atoms with E-state index < -0.39 is 17.9 Å². The molecular formula is C20H19FN4O2S. The number of amides is 2. The van der Waals surface area contributed by atoms with E-state index in [9.17, 15) is 9.18 Å². The lowest BCUT2D eigenvalue weighted by atomic mass is 10.1. The van der Waals surface area contributed by atoms with Crippen molar-refractivity contribution in [2.75, 3.05) is 11.9 Å². The molecule has 0 radical (unpaired) electrons. The Morgan fingerprint density at radius 1 is 1.14 bits per heavy atom. The van der Waals surface area contributed by atoms with E-state index in [0.29, 0.717) is 11.0 Å². The van der Waals surface area contributed by atoms with Crippen molar-refractivity contribution >= 4 is 22.5 Å². The van der Waals surface area contributed by atoms with E-state index >= 15 is 0 Å².